The SMILES string of the molecule is Cc1ccc(CN2Cc3ccnn3[C@H](CCNC(=O)c3ccsc3)C2)o1. The third-order valence-electron chi connectivity index (χ3n) is 4.67. The average molecular weight is 370 g/mol. The van der Waals surface area contributed by atoms with Crippen LogP contribution < -0.4 is 5.32 Å². The largest absolute Gasteiger partial charge is 0.465 e. The van der Waals surface area contributed by atoms with Crippen LogP contribution in [0.25, 0.3) is 0 Å². The molecule has 3 aromatic heterocycles. The summed E-state index contributed by atoms with van der Waals surface area (Å²) < 4.78 is 7.82. The van der Waals surface area contributed by atoms with Crippen molar-refractivity contribution >= 4 is 17.2 Å². The molecular weight excluding hydrogens is 348 g/mol. The van der Waals surface area contributed by atoms with Crippen LogP contribution >= 0.6 is 11.3 Å². The summed E-state index contributed by atoms with van der Waals surface area (Å²) in [5.41, 5.74) is 1.93. The number of aryl methyl sites for hydroxylation is 1. The quantitative estimate of drug-likeness (QED) is 0.724. The molecule has 1 amide bonds. The highest BCUT2D eigenvalue weighted by molar-refractivity contribution is 7.08. The monoisotopic (exact) mass is 370 g/mol. The fraction of sp³-hybridized carbons (Fsp3) is 0.368. The number of carbonyl (C=O) groups excluding carboxylic acids is 1. The molecule has 1 aliphatic rings. The van der Waals surface area contributed by atoms with E-state index in [1.165, 1.54) is 17.0 Å². The van der Waals surface area contributed by atoms with Gasteiger partial charge in [-0.15, -0.1) is 0 Å². The van der Waals surface area contributed by atoms with E-state index in [9.17, 15) is 4.79 Å². The van der Waals surface area contributed by atoms with Gasteiger partial charge in [0.05, 0.1) is 18.3 Å². The first-order valence-corrected chi connectivity index (χ1v) is 9.74. The number of fused-ring (bicyclic) bond motifs is 1. The zero-order chi connectivity index (χ0) is 17.9. The van der Waals surface area contributed by atoms with Gasteiger partial charge in [0.15, 0.2) is 0 Å². The smallest absolute Gasteiger partial charge is 0.252 e. The fourth-order valence-corrected chi connectivity index (χ4v) is 4.07. The van der Waals surface area contributed by atoms with Gasteiger partial charge in [0, 0.05) is 36.8 Å². The minimum atomic E-state index is -0.00864. The molecule has 1 atom stereocenters. The van der Waals surface area contributed by atoms with Crippen molar-refractivity contribution in [2.24, 2.45) is 0 Å². The summed E-state index contributed by atoms with van der Waals surface area (Å²) in [4.78, 5) is 14.5. The molecule has 1 aliphatic heterocycles. The number of amides is 1. The van der Waals surface area contributed by atoms with Crippen LogP contribution in [0.2, 0.25) is 0 Å². The van der Waals surface area contributed by atoms with E-state index in [0.29, 0.717) is 6.54 Å². The highest BCUT2D eigenvalue weighted by Gasteiger charge is 2.26. The topological polar surface area (TPSA) is 63.3 Å². The van der Waals surface area contributed by atoms with E-state index in [0.717, 1.165) is 43.1 Å². The highest BCUT2D eigenvalue weighted by Crippen LogP contribution is 2.24. The maximum absolute atomic E-state index is 12.1. The van der Waals surface area contributed by atoms with Crippen molar-refractivity contribution < 1.29 is 9.21 Å². The van der Waals surface area contributed by atoms with Gasteiger partial charge in [0.2, 0.25) is 0 Å². The maximum atomic E-state index is 12.1. The van der Waals surface area contributed by atoms with Crippen molar-refractivity contribution in [1.29, 1.82) is 0 Å². The van der Waals surface area contributed by atoms with Crippen LogP contribution in [-0.2, 0) is 13.1 Å². The number of hydrogen-bond donors (Lipinski definition) is 1. The molecule has 1 N–H and O–H groups in total. The molecule has 0 aromatic carbocycles. The lowest BCUT2D eigenvalue weighted by molar-refractivity contribution is 0.0947. The summed E-state index contributed by atoms with van der Waals surface area (Å²) in [6, 6.07) is 8.20. The number of aromatic nitrogens is 2. The minimum Gasteiger partial charge on any atom is -0.465 e. The number of nitrogens with one attached hydrogen (secondary N) is 1. The number of furan rings is 1. The number of hydrogen-bond acceptors (Lipinski definition) is 5. The molecule has 4 heterocycles. The summed E-state index contributed by atoms with van der Waals surface area (Å²) in [6.07, 6.45) is 2.70. The van der Waals surface area contributed by atoms with Crippen LogP contribution in [0.5, 0.6) is 0 Å². The molecule has 3 aromatic rings. The summed E-state index contributed by atoms with van der Waals surface area (Å²) in [5.74, 6) is 1.92. The third-order valence-corrected chi connectivity index (χ3v) is 5.36. The van der Waals surface area contributed by atoms with Gasteiger partial charge < -0.3 is 9.73 Å². The van der Waals surface area contributed by atoms with Gasteiger partial charge in [-0.1, -0.05) is 0 Å². The second-order valence-electron chi connectivity index (χ2n) is 6.66. The first-order chi connectivity index (χ1) is 12.7. The molecule has 136 valence electrons. The standard InChI is InChI=1S/C19H22N4O2S/c1-14-2-3-18(25-14)12-22-10-16(23-17(11-22)5-8-21-23)4-7-20-19(24)15-6-9-26-13-15/h2-3,5-6,8-9,13,16H,4,7,10-12H2,1H3,(H,20,24)/t16-/m1/s1. The van der Waals surface area contributed by atoms with E-state index in [1.807, 2.05) is 42.1 Å². The molecule has 0 unspecified atom stereocenters. The maximum Gasteiger partial charge on any atom is 0.252 e. The van der Waals surface area contributed by atoms with Gasteiger partial charge >= 0.3 is 0 Å². The molecule has 4 rings (SSSR count). The van der Waals surface area contributed by atoms with Crippen molar-refractivity contribution in [2.45, 2.75) is 32.5 Å². The Morgan fingerprint density at radius 1 is 1.38 bits per heavy atom. The van der Waals surface area contributed by atoms with E-state index in [2.05, 4.69) is 26.1 Å². The Hall–Kier alpha value is -2.38. The fourth-order valence-electron chi connectivity index (χ4n) is 3.44. The van der Waals surface area contributed by atoms with Gasteiger partial charge in [-0.25, -0.2) is 0 Å². The normalized spacial score (nSPS) is 17.2. The molecule has 0 saturated carbocycles. The number of thiophene rings is 1. The van der Waals surface area contributed by atoms with Crippen molar-refractivity contribution in [3.63, 3.8) is 0 Å². The van der Waals surface area contributed by atoms with Crippen LogP contribution in [0.15, 0.2) is 45.6 Å². The Labute approximate surface area is 156 Å². The molecular formula is C19H22N4O2S. The summed E-state index contributed by atoms with van der Waals surface area (Å²) >= 11 is 1.53. The highest BCUT2D eigenvalue weighted by atomic mass is 32.1. The lowest BCUT2D eigenvalue weighted by atomic mass is 10.1. The first-order valence-electron chi connectivity index (χ1n) is 8.79. The molecule has 0 aliphatic carbocycles. The van der Waals surface area contributed by atoms with Crippen LogP contribution in [0, 0.1) is 6.92 Å². The molecule has 6 nitrogen and oxygen atoms in total. The zero-order valence-corrected chi connectivity index (χ0v) is 15.5. The molecule has 0 radical (unpaired) electrons. The molecule has 26 heavy (non-hydrogen) atoms. The van der Waals surface area contributed by atoms with Crippen LogP contribution in [-0.4, -0.2) is 33.7 Å². The Balaban J connectivity index is 1.37. The van der Waals surface area contributed by atoms with Crippen molar-refractivity contribution in [3.8, 4) is 0 Å². The second kappa shape index (κ2) is 7.47. The van der Waals surface area contributed by atoms with E-state index in [4.69, 9.17) is 4.42 Å². The Morgan fingerprint density at radius 3 is 3.08 bits per heavy atom. The van der Waals surface area contributed by atoms with E-state index < -0.39 is 0 Å². The summed E-state index contributed by atoms with van der Waals surface area (Å²) in [6.45, 7) is 5.14. The van der Waals surface area contributed by atoms with Crippen molar-refractivity contribution in [1.82, 2.24) is 20.0 Å². The van der Waals surface area contributed by atoms with E-state index >= 15 is 0 Å². The Kier molecular flexibility index (Phi) is 4.90. The van der Waals surface area contributed by atoms with Crippen LogP contribution in [0.1, 0.15) is 40.0 Å². The minimum absolute atomic E-state index is 0.00864. The predicted molar refractivity (Wildman–Crippen MR) is 100 cm³/mol. The van der Waals surface area contributed by atoms with Gasteiger partial charge in [-0.2, -0.15) is 16.4 Å². The van der Waals surface area contributed by atoms with E-state index in [-0.39, 0.29) is 11.9 Å². The molecule has 0 spiro atoms. The average Bonchev–Trinajstić information content (AvgIpc) is 3.36. The first kappa shape index (κ1) is 17.1. The van der Waals surface area contributed by atoms with Gasteiger partial charge in [-0.05, 0) is 43.0 Å². The van der Waals surface area contributed by atoms with Crippen LogP contribution in [0.4, 0.5) is 0 Å². The van der Waals surface area contributed by atoms with Crippen molar-refractivity contribution in [2.75, 3.05) is 13.1 Å². The van der Waals surface area contributed by atoms with Crippen molar-refractivity contribution in [3.05, 3.63) is 64.0 Å². The Bertz CT molecular complexity index is 868. The number of rotatable bonds is 6. The third kappa shape index (κ3) is 3.73. The lowest BCUT2D eigenvalue weighted by Crippen LogP contribution is -2.38. The van der Waals surface area contributed by atoms with Crippen LogP contribution in [0.3, 0.4) is 0 Å². The van der Waals surface area contributed by atoms with E-state index in [1.54, 1.807) is 0 Å². The zero-order valence-electron chi connectivity index (χ0n) is 14.7. The molecule has 7 heteroatoms. The lowest BCUT2D eigenvalue weighted by Gasteiger charge is -2.33. The molecule has 0 bridgehead atoms. The second-order valence-corrected chi connectivity index (χ2v) is 7.44. The number of nitrogens with zero attached hydrogens (tertiary/aromatic N) is 3. The predicted octanol–water partition coefficient (Wildman–Crippen LogP) is 3.22. The van der Waals surface area contributed by atoms with Gasteiger partial charge in [0.25, 0.3) is 5.91 Å². The summed E-state index contributed by atoms with van der Waals surface area (Å²) in [5, 5.41) is 11.3. The number of carbonyl (C=O) groups is 1. The summed E-state index contributed by atoms with van der Waals surface area (Å²) in [7, 11) is 0. The Morgan fingerprint density at radius 2 is 2.31 bits per heavy atom. The van der Waals surface area contributed by atoms with Gasteiger partial charge in [0.1, 0.15) is 11.5 Å². The molecule has 0 fully saturated rings. The van der Waals surface area contributed by atoms with Gasteiger partial charge in [-0.3, -0.25) is 14.4 Å². The molecule has 0 saturated heterocycles.